The number of rotatable bonds is 5. The highest BCUT2D eigenvalue weighted by Gasteiger charge is 2.10. The Bertz CT molecular complexity index is 596. The van der Waals surface area contributed by atoms with E-state index in [-0.39, 0.29) is 6.04 Å². The summed E-state index contributed by atoms with van der Waals surface area (Å²) in [6.07, 6.45) is 0.942. The molecule has 0 saturated heterocycles. The number of anilines is 1. The molecule has 20 heavy (non-hydrogen) atoms. The first-order valence-corrected chi connectivity index (χ1v) is 7.25. The van der Waals surface area contributed by atoms with Gasteiger partial charge in [0.1, 0.15) is 0 Å². The van der Waals surface area contributed by atoms with Crippen molar-refractivity contribution >= 4 is 27.6 Å². The molecule has 1 atom stereocenters. The third-order valence-electron chi connectivity index (χ3n) is 3.13. The number of hydrogen-bond acceptors (Lipinski definition) is 2. The van der Waals surface area contributed by atoms with Gasteiger partial charge in [-0.2, -0.15) is 0 Å². The molecule has 2 rings (SSSR count). The predicted octanol–water partition coefficient (Wildman–Crippen LogP) is 4.71. The Morgan fingerprint density at radius 2 is 1.95 bits per heavy atom. The SMILES string of the molecule is CCC(Nc1ccc(C(=O)O)cc1)c1cccc(Br)c1. The number of halogens is 1. The zero-order valence-corrected chi connectivity index (χ0v) is 12.7. The van der Waals surface area contributed by atoms with E-state index in [9.17, 15) is 4.79 Å². The fraction of sp³-hybridized carbons (Fsp3) is 0.188. The van der Waals surface area contributed by atoms with Crippen molar-refractivity contribution in [1.29, 1.82) is 0 Å². The van der Waals surface area contributed by atoms with Crippen molar-refractivity contribution in [1.82, 2.24) is 0 Å². The van der Waals surface area contributed by atoms with E-state index in [1.807, 2.05) is 12.1 Å². The third-order valence-corrected chi connectivity index (χ3v) is 3.63. The lowest BCUT2D eigenvalue weighted by Gasteiger charge is -2.19. The molecular formula is C16H16BrNO2. The zero-order chi connectivity index (χ0) is 14.5. The highest BCUT2D eigenvalue weighted by atomic mass is 79.9. The van der Waals surface area contributed by atoms with E-state index in [4.69, 9.17) is 5.11 Å². The molecule has 4 heteroatoms. The maximum Gasteiger partial charge on any atom is 0.335 e. The summed E-state index contributed by atoms with van der Waals surface area (Å²) in [5.74, 6) is -0.907. The van der Waals surface area contributed by atoms with E-state index in [0.717, 1.165) is 16.6 Å². The summed E-state index contributed by atoms with van der Waals surface area (Å²) in [4.78, 5) is 10.8. The fourth-order valence-corrected chi connectivity index (χ4v) is 2.47. The van der Waals surface area contributed by atoms with Gasteiger partial charge in [-0.05, 0) is 48.4 Å². The average molecular weight is 334 g/mol. The smallest absolute Gasteiger partial charge is 0.335 e. The van der Waals surface area contributed by atoms with E-state index < -0.39 is 5.97 Å². The highest BCUT2D eigenvalue weighted by Crippen LogP contribution is 2.25. The monoisotopic (exact) mass is 333 g/mol. The Balaban J connectivity index is 2.16. The molecule has 0 fully saturated rings. The minimum Gasteiger partial charge on any atom is -0.478 e. The summed E-state index contributed by atoms with van der Waals surface area (Å²) in [5.41, 5.74) is 2.41. The number of aromatic carboxylic acids is 1. The van der Waals surface area contributed by atoms with Crippen LogP contribution in [0.25, 0.3) is 0 Å². The van der Waals surface area contributed by atoms with Crippen molar-refractivity contribution in [3.8, 4) is 0 Å². The minimum atomic E-state index is -0.907. The summed E-state index contributed by atoms with van der Waals surface area (Å²) in [6, 6.07) is 15.2. The second-order valence-corrected chi connectivity index (χ2v) is 5.46. The first-order chi connectivity index (χ1) is 9.60. The number of benzene rings is 2. The Morgan fingerprint density at radius 3 is 2.50 bits per heavy atom. The molecule has 1 unspecified atom stereocenters. The normalized spacial score (nSPS) is 11.9. The maximum atomic E-state index is 10.8. The molecule has 0 radical (unpaired) electrons. The van der Waals surface area contributed by atoms with Crippen molar-refractivity contribution in [3.63, 3.8) is 0 Å². The lowest BCUT2D eigenvalue weighted by Crippen LogP contribution is -2.09. The molecule has 0 aliphatic heterocycles. The van der Waals surface area contributed by atoms with Gasteiger partial charge in [0.2, 0.25) is 0 Å². The molecule has 0 spiro atoms. The second kappa shape index (κ2) is 6.57. The third kappa shape index (κ3) is 3.61. The van der Waals surface area contributed by atoms with Crippen LogP contribution in [-0.2, 0) is 0 Å². The molecule has 2 aromatic carbocycles. The number of hydrogen-bond donors (Lipinski definition) is 2. The Labute approximate surface area is 126 Å². The molecule has 3 nitrogen and oxygen atoms in total. The van der Waals surface area contributed by atoms with Crippen molar-refractivity contribution in [2.45, 2.75) is 19.4 Å². The van der Waals surface area contributed by atoms with Gasteiger partial charge in [-0.15, -0.1) is 0 Å². The van der Waals surface area contributed by atoms with E-state index in [2.05, 4.69) is 40.3 Å². The fourth-order valence-electron chi connectivity index (χ4n) is 2.05. The Hall–Kier alpha value is -1.81. The van der Waals surface area contributed by atoms with E-state index >= 15 is 0 Å². The zero-order valence-electron chi connectivity index (χ0n) is 11.1. The summed E-state index contributed by atoms with van der Waals surface area (Å²) in [7, 11) is 0. The molecule has 2 N–H and O–H groups in total. The van der Waals surface area contributed by atoms with Gasteiger partial charge >= 0.3 is 5.97 Å². The number of carbonyl (C=O) groups is 1. The van der Waals surface area contributed by atoms with Crippen LogP contribution in [0.5, 0.6) is 0 Å². The van der Waals surface area contributed by atoms with E-state index in [1.54, 1.807) is 24.3 Å². The predicted molar refractivity (Wildman–Crippen MR) is 84.2 cm³/mol. The van der Waals surface area contributed by atoms with Gasteiger partial charge in [0.15, 0.2) is 0 Å². The van der Waals surface area contributed by atoms with Gasteiger partial charge < -0.3 is 10.4 Å². The Morgan fingerprint density at radius 1 is 1.25 bits per heavy atom. The number of carboxylic acid groups (broad SMARTS) is 1. The number of carboxylic acids is 1. The minimum absolute atomic E-state index is 0.197. The van der Waals surface area contributed by atoms with Gasteiger partial charge in [-0.3, -0.25) is 0 Å². The van der Waals surface area contributed by atoms with Crippen LogP contribution in [0.2, 0.25) is 0 Å². The van der Waals surface area contributed by atoms with Gasteiger partial charge in [-0.25, -0.2) is 4.79 Å². The molecule has 0 amide bonds. The van der Waals surface area contributed by atoms with Gasteiger partial charge in [-0.1, -0.05) is 35.0 Å². The quantitative estimate of drug-likeness (QED) is 0.832. The van der Waals surface area contributed by atoms with E-state index in [1.165, 1.54) is 5.56 Å². The van der Waals surface area contributed by atoms with Crippen LogP contribution in [-0.4, -0.2) is 11.1 Å². The molecule has 0 saturated carbocycles. The maximum absolute atomic E-state index is 10.8. The first kappa shape index (κ1) is 14.6. The molecular weight excluding hydrogens is 318 g/mol. The van der Waals surface area contributed by atoms with Gasteiger partial charge in [0, 0.05) is 10.2 Å². The van der Waals surface area contributed by atoms with Gasteiger partial charge in [0.25, 0.3) is 0 Å². The molecule has 2 aromatic rings. The lowest BCUT2D eigenvalue weighted by molar-refractivity contribution is 0.0697. The van der Waals surface area contributed by atoms with Crippen LogP contribution in [0, 0.1) is 0 Å². The topological polar surface area (TPSA) is 49.3 Å². The van der Waals surface area contributed by atoms with Crippen LogP contribution in [0.3, 0.4) is 0 Å². The summed E-state index contributed by atoms with van der Waals surface area (Å²) in [5, 5.41) is 12.3. The van der Waals surface area contributed by atoms with Crippen molar-refractivity contribution in [3.05, 3.63) is 64.1 Å². The van der Waals surface area contributed by atoms with Crippen molar-refractivity contribution in [2.75, 3.05) is 5.32 Å². The molecule has 0 aliphatic rings. The van der Waals surface area contributed by atoms with Crippen LogP contribution < -0.4 is 5.32 Å². The van der Waals surface area contributed by atoms with Crippen LogP contribution in [0.1, 0.15) is 35.3 Å². The average Bonchev–Trinajstić information content (AvgIpc) is 2.45. The molecule has 0 bridgehead atoms. The lowest BCUT2D eigenvalue weighted by atomic mass is 10.0. The van der Waals surface area contributed by atoms with Gasteiger partial charge in [0.05, 0.1) is 11.6 Å². The summed E-state index contributed by atoms with van der Waals surface area (Å²) < 4.78 is 1.05. The molecule has 0 heterocycles. The Kier molecular flexibility index (Phi) is 4.79. The second-order valence-electron chi connectivity index (χ2n) is 4.54. The largest absolute Gasteiger partial charge is 0.478 e. The van der Waals surface area contributed by atoms with Crippen LogP contribution >= 0.6 is 15.9 Å². The van der Waals surface area contributed by atoms with Crippen LogP contribution in [0.15, 0.2) is 53.0 Å². The van der Waals surface area contributed by atoms with E-state index in [0.29, 0.717) is 5.56 Å². The molecule has 0 aliphatic carbocycles. The first-order valence-electron chi connectivity index (χ1n) is 6.45. The molecule has 104 valence electrons. The molecule has 0 aromatic heterocycles. The number of nitrogens with one attached hydrogen (secondary N) is 1. The van der Waals surface area contributed by atoms with Crippen LogP contribution in [0.4, 0.5) is 5.69 Å². The van der Waals surface area contributed by atoms with Crippen molar-refractivity contribution in [2.24, 2.45) is 0 Å². The highest BCUT2D eigenvalue weighted by molar-refractivity contribution is 9.10. The summed E-state index contributed by atoms with van der Waals surface area (Å²) in [6.45, 7) is 2.12. The standard InChI is InChI=1S/C16H16BrNO2/c1-2-15(12-4-3-5-13(17)10-12)18-14-8-6-11(7-9-14)16(19)20/h3-10,15,18H,2H2,1H3,(H,19,20). The van der Waals surface area contributed by atoms with Crippen molar-refractivity contribution < 1.29 is 9.90 Å². The summed E-state index contributed by atoms with van der Waals surface area (Å²) >= 11 is 3.48.